The molecule has 1 saturated carbocycles. The maximum atomic E-state index is 13.5. The average molecular weight is 342 g/mol. The zero-order valence-electron chi connectivity index (χ0n) is 13.7. The highest BCUT2D eigenvalue weighted by molar-refractivity contribution is 6.06. The highest BCUT2D eigenvalue weighted by Crippen LogP contribution is 2.52. The SMILES string of the molecule is O=C(NCCCN1C(=O)[C@@H]2[C@H](C1=O)[C@H]1C=C[C@H]2C1)c1ccccc1F. The van der Waals surface area contributed by atoms with Gasteiger partial charge >= 0.3 is 0 Å². The Morgan fingerprint density at radius 3 is 2.40 bits per heavy atom. The Labute approximate surface area is 144 Å². The Kier molecular flexibility index (Phi) is 3.90. The summed E-state index contributed by atoms with van der Waals surface area (Å²) < 4.78 is 13.5. The van der Waals surface area contributed by atoms with E-state index >= 15 is 0 Å². The molecule has 0 unspecified atom stereocenters. The first kappa shape index (κ1) is 16.0. The van der Waals surface area contributed by atoms with Gasteiger partial charge in [-0.15, -0.1) is 0 Å². The van der Waals surface area contributed by atoms with Crippen LogP contribution in [0.4, 0.5) is 4.39 Å². The van der Waals surface area contributed by atoms with E-state index in [0.29, 0.717) is 13.0 Å². The van der Waals surface area contributed by atoms with E-state index in [9.17, 15) is 18.8 Å². The van der Waals surface area contributed by atoms with E-state index in [2.05, 4.69) is 17.5 Å². The van der Waals surface area contributed by atoms with Gasteiger partial charge in [-0.25, -0.2) is 4.39 Å². The monoisotopic (exact) mass is 342 g/mol. The second-order valence-electron chi connectivity index (χ2n) is 6.92. The summed E-state index contributed by atoms with van der Waals surface area (Å²) >= 11 is 0. The lowest BCUT2D eigenvalue weighted by molar-refractivity contribution is -0.140. The molecule has 130 valence electrons. The van der Waals surface area contributed by atoms with Crippen LogP contribution in [0.15, 0.2) is 36.4 Å². The second kappa shape index (κ2) is 6.10. The fraction of sp³-hybridized carbons (Fsp3) is 0.421. The standard InChI is InChI=1S/C19H19FN2O3/c20-14-5-2-1-4-13(14)17(23)21-8-3-9-22-18(24)15-11-6-7-12(10-11)16(15)19(22)25/h1-2,4-7,11-12,15-16H,3,8-10H2,(H,21,23)/t11-,12-,15-,16+/m0/s1. The number of amides is 3. The number of allylic oxidation sites excluding steroid dienone is 2. The van der Waals surface area contributed by atoms with Crippen molar-refractivity contribution >= 4 is 17.7 Å². The van der Waals surface area contributed by atoms with Crippen LogP contribution >= 0.6 is 0 Å². The van der Waals surface area contributed by atoms with Crippen molar-refractivity contribution < 1.29 is 18.8 Å². The molecule has 1 N–H and O–H groups in total. The van der Waals surface area contributed by atoms with Crippen molar-refractivity contribution in [2.75, 3.05) is 13.1 Å². The number of halogens is 1. The molecule has 2 aliphatic carbocycles. The summed E-state index contributed by atoms with van der Waals surface area (Å²) in [6, 6.07) is 5.77. The molecule has 3 aliphatic rings. The van der Waals surface area contributed by atoms with Crippen molar-refractivity contribution in [2.45, 2.75) is 12.8 Å². The molecule has 25 heavy (non-hydrogen) atoms. The summed E-state index contributed by atoms with van der Waals surface area (Å²) in [6.45, 7) is 0.576. The predicted octanol–water partition coefficient (Wildman–Crippen LogP) is 1.75. The van der Waals surface area contributed by atoms with Crippen molar-refractivity contribution in [3.63, 3.8) is 0 Å². The van der Waals surface area contributed by atoms with Crippen LogP contribution in [0, 0.1) is 29.5 Å². The molecule has 5 nitrogen and oxygen atoms in total. The van der Waals surface area contributed by atoms with Crippen molar-refractivity contribution in [2.24, 2.45) is 23.7 Å². The van der Waals surface area contributed by atoms with Crippen LogP contribution in [0.1, 0.15) is 23.2 Å². The number of likely N-dealkylation sites (tertiary alicyclic amines) is 1. The van der Waals surface area contributed by atoms with Gasteiger partial charge < -0.3 is 5.32 Å². The Morgan fingerprint density at radius 2 is 1.76 bits per heavy atom. The Hall–Kier alpha value is -2.50. The van der Waals surface area contributed by atoms with E-state index in [4.69, 9.17) is 0 Å². The van der Waals surface area contributed by atoms with Crippen LogP contribution in [0.3, 0.4) is 0 Å². The van der Waals surface area contributed by atoms with Gasteiger partial charge in [-0.05, 0) is 36.8 Å². The zero-order chi connectivity index (χ0) is 17.6. The van der Waals surface area contributed by atoms with Crippen LogP contribution < -0.4 is 5.32 Å². The molecular weight excluding hydrogens is 323 g/mol. The number of imide groups is 1. The molecule has 1 saturated heterocycles. The Bertz CT molecular complexity index is 746. The molecule has 3 amide bonds. The smallest absolute Gasteiger partial charge is 0.254 e. The maximum absolute atomic E-state index is 13.5. The number of hydrogen-bond donors (Lipinski definition) is 1. The number of carbonyl (C=O) groups is 3. The lowest BCUT2D eigenvalue weighted by Crippen LogP contribution is -2.36. The van der Waals surface area contributed by atoms with Gasteiger partial charge in [0.25, 0.3) is 5.91 Å². The minimum atomic E-state index is -0.569. The van der Waals surface area contributed by atoms with Crippen LogP contribution in [0.5, 0.6) is 0 Å². The molecule has 1 aliphatic heterocycles. The van der Waals surface area contributed by atoms with E-state index in [1.54, 1.807) is 6.07 Å². The predicted molar refractivity (Wildman–Crippen MR) is 87.8 cm³/mol. The molecule has 1 aromatic rings. The lowest BCUT2D eigenvalue weighted by Gasteiger charge is -2.17. The molecule has 0 aromatic heterocycles. The number of carbonyl (C=O) groups excluding carboxylic acids is 3. The second-order valence-corrected chi connectivity index (χ2v) is 6.92. The summed E-state index contributed by atoms with van der Waals surface area (Å²) in [5, 5.41) is 2.63. The lowest BCUT2D eigenvalue weighted by atomic mass is 9.85. The Balaban J connectivity index is 1.30. The van der Waals surface area contributed by atoms with E-state index in [0.717, 1.165) is 6.42 Å². The first-order valence-corrected chi connectivity index (χ1v) is 8.64. The number of benzene rings is 1. The number of rotatable bonds is 5. The summed E-state index contributed by atoms with van der Waals surface area (Å²) in [6.07, 6.45) is 5.50. The topological polar surface area (TPSA) is 66.5 Å². The zero-order valence-corrected chi connectivity index (χ0v) is 13.7. The van der Waals surface area contributed by atoms with Crippen LogP contribution in [-0.4, -0.2) is 35.7 Å². The van der Waals surface area contributed by atoms with Gasteiger partial charge in [0.1, 0.15) is 5.82 Å². The molecule has 0 radical (unpaired) electrons. The highest BCUT2D eigenvalue weighted by atomic mass is 19.1. The van der Waals surface area contributed by atoms with Gasteiger partial charge in [-0.1, -0.05) is 24.3 Å². The van der Waals surface area contributed by atoms with E-state index in [-0.39, 0.29) is 47.6 Å². The summed E-state index contributed by atoms with van der Waals surface area (Å²) in [5.74, 6) is -1.17. The van der Waals surface area contributed by atoms with Crippen LogP contribution in [0.2, 0.25) is 0 Å². The third kappa shape index (κ3) is 2.56. The summed E-state index contributed by atoms with van der Waals surface area (Å²) in [5.41, 5.74) is -0.00648. The van der Waals surface area contributed by atoms with Crippen molar-refractivity contribution in [1.29, 1.82) is 0 Å². The van der Waals surface area contributed by atoms with Crippen molar-refractivity contribution in [3.05, 3.63) is 47.8 Å². The summed E-state index contributed by atoms with van der Waals surface area (Å²) in [7, 11) is 0. The van der Waals surface area contributed by atoms with Gasteiger partial charge in [0.2, 0.25) is 11.8 Å². The molecule has 2 fully saturated rings. The molecular formula is C19H19FN2O3. The Morgan fingerprint density at radius 1 is 1.12 bits per heavy atom. The average Bonchev–Trinajstić information content (AvgIpc) is 3.27. The molecule has 1 aromatic carbocycles. The first-order valence-electron chi connectivity index (χ1n) is 8.64. The number of hydrogen-bond acceptors (Lipinski definition) is 3. The molecule has 1 heterocycles. The van der Waals surface area contributed by atoms with Crippen LogP contribution in [-0.2, 0) is 9.59 Å². The number of fused-ring (bicyclic) bond motifs is 5. The fourth-order valence-corrected chi connectivity index (χ4v) is 4.36. The minimum Gasteiger partial charge on any atom is -0.352 e. The molecule has 0 spiro atoms. The molecule has 6 heteroatoms. The van der Waals surface area contributed by atoms with E-state index in [1.807, 2.05) is 0 Å². The van der Waals surface area contributed by atoms with E-state index < -0.39 is 11.7 Å². The third-order valence-corrected chi connectivity index (χ3v) is 5.52. The van der Waals surface area contributed by atoms with Gasteiger partial charge in [-0.2, -0.15) is 0 Å². The molecule has 4 atom stereocenters. The van der Waals surface area contributed by atoms with Crippen molar-refractivity contribution in [3.8, 4) is 0 Å². The highest BCUT2D eigenvalue weighted by Gasteiger charge is 2.58. The summed E-state index contributed by atoms with van der Waals surface area (Å²) in [4.78, 5) is 38.3. The van der Waals surface area contributed by atoms with Gasteiger partial charge in [0.15, 0.2) is 0 Å². The fourth-order valence-electron chi connectivity index (χ4n) is 4.36. The molecule has 4 rings (SSSR count). The number of nitrogens with zero attached hydrogens (tertiary/aromatic N) is 1. The first-order chi connectivity index (χ1) is 12.1. The number of nitrogens with one attached hydrogen (secondary N) is 1. The quantitative estimate of drug-likeness (QED) is 0.504. The van der Waals surface area contributed by atoms with Gasteiger partial charge in [0, 0.05) is 13.1 Å². The third-order valence-electron chi connectivity index (χ3n) is 5.52. The largest absolute Gasteiger partial charge is 0.352 e. The normalized spacial score (nSPS) is 29.4. The van der Waals surface area contributed by atoms with Gasteiger partial charge in [0.05, 0.1) is 17.4 Å². The van der Waals surface area contributed by atoms with Crippen LogP contribution in [0.25, 0.3) is 0 Å². The maximum Gasteiger partial charge on any atom is 0.254 e. The molecule has 2 bridgehead atoms. The van der Waals surface area contributed by atoms with E-state index in [1.165, 1.54) is 23.1 Å². The van der Waals surface area contributed by atoms with Gasteiger partial charge in [-0.3, -0.25) is 19.3 Å². The minimum absolute atomic E-state index is 0.00648. The van der Waals surface area contributed by atoms with Crippen molar-refractivity contribution in [1.82, 2.24) is 10.2 Å².